The molecule has 0 atom stereocenters. The third kappa shape index (κ3) is 8.20. The molecule has 0 spiro atoms. The molecule has 7 nitrogen and oxygen atoms in total. The molecular weight excluding hydrogens is 320 g/mol. The van der Waals surface area contributed by atoms with Crippen molar-refractivity contribution < 1.29 is 25.6 Å². The van der Waals surface area contributed by atoms with Crippen molar-refractivity contribution in [2.75, 3.05) is 23.9 Å². The first-order valence-corrected chi connectivity index (χ1v) is 9.21. The lowest BCUT2D eigenvalue weighted by molar-refractivity contribution is -0.118. The van der Waals surface area contributed by atoms with Crippen LogP contribution in [0.1, 0.15) is 22.3 Å². The third-order valence-electron chi connectivity index (χ3n) is 2.86. The second-order valence-corrected chi connectivity index (χ2v) is 7.73. The number of amides is 2. The Bertz CT molecular complexity index is 648. The molecule has 0 aliphatic heterocycles. The van der Waals surface area contributed by atoms with Gasteiger partial charge in [0, 0.05) is 27.3 Å². The van der Waals surface area contributed by atoms with Crippen molar-refractivity contribution in [1.82, 2.24) is 5.32 Å². The molecule has 0 aliphatic rings. The number of ether oxygens (including phenoxy) is 1. The topological polar surface area (TPSA) is 102 Å². The molecule has 1 aromatic carbocycles. The summed E-state index contributed by atoms with van der Waals surface area (Å²) in [5.41, 5.74) is 1.43. The highest BCUT2D eigenvalue weighted by molar-refractivity contribution is 7.90. The predicted octanol–water partition coefficient (Wildman–Crippen LogP) is 2.04. The van der Waals surface area contributed by atoms with E-state index in [1.807, 2.05) is 0 Å². The number of rotatable bonds is 7. The Hall–Kier alpha value is -2.09. The maximum Gasteiger partial charge on any atom is 0.407 e. The van der Waals surface area contributed by atoms with Gasteiger partial charge >= 0.3 is 6.09 Å². The number of benzene rings is 1. The van der Waals surface area contributed by atoms with Crippen LogP contribution in [0.3, 0.4) is 0 Å². The van der Waals surface area contributed by atoms with E-state index in [4.69, 9.17) is 4.74 Å². The second kappa shape index (κ2) is 8.52. The van der Waals surface area contributed by atoms with E-state index in [1.54, 1.807) is 38.1 Å². The minimum absolute atomic E-state index is 0. The van der Waals surface area contributed by atoms with Crippen LogP contribution in [0.5, 0.6) is 0 Å². The Morgan fingerprint density at radius 3 is 2.35 bits per heavy atom. The summed E-state index contributed by atoms with van der Waals surface area (Å²) in [7, 11) is -3.11. The average Bonchev–Trinajstić information content (AvgIpc) is 2.45. The Kier molecular flexibility index (Phi) is 7.02. The normalized spacial score (nSPS) is 11.1. The lowest BCUT2D eigenvalue weighted by Gasteiger charge is -2.09. The van der Waals surface area contributed by atoms with E-state index in [1.165, 1.54) is 0 Å². The first-order valence-electron chi connectivity index (χ1n) is 7.15. The van der Waals surface area contributed by atoms with Gasteiger partial charge in [-0.3, -0.25) is 4.79 Å². The van der Waals surface area contributed by atoms with E-state index in [9.17, 15) is 18.0 Å². The largest absolute Gasteiger partial charge is 0.445 e. The van der Waals surface area contributed by atoms with Crippen molar-refractivity contribution in [2.45, 2.75) is 20.5 Å². The Morgan fingerprint density at radius 1 is 1.22 bits per heavy atom. The maximum atomic E-state index is 11.6. The van der Waals surface area contributed by atoms with Gasteiger partial charge in [-0.25, -0.2) is 13.2 Å². The monoisotopic (exact) mass is 346 g/mol. The quantitative estimate of drug-likeness (QED) is 0.787. The van der Waals surface area contributed by atoms with E-state index in [0.717, 1.165) is 11.8 Å². The van der Waals surface area contributed by atoms with Gasteiger partial charge in [0.05, 0.1) is 5.75 Å². The van der Waals surface area contributed by atoms with E-state index in [-0.39, 0.29) is 33.6 Å². The van der Waals surface area contributed by atoms with Gasteiger partial charge in [-0.05, 0) is 17.7 Å². The highest BCUT2D eigenvalue weighted by Gasteiger charge is 2.08. The van der Waals surface area contributed by atoms with Crippen LogP contribution >= 0.6 is 0 Å². The minimum atomic E-state index is -3.11. The zero-order chi connectivity index (χ0) is 17.5. The molecule has 0 saturated heterocycles. The summed E-state index contributed by atoms with van der Waals surface area (Å²) in [5, 5.41) is 5.12. The Morgan fingerprint density at radius 2 is 1.83 bits per heavy atom. The van der Waals surface area contributed by atoms with E-state index >= 15 is 0 Å². The fraction of sp³-hybridized carbons (Fsp3) is 0.467. The fourth-order valence-electron chi connectivity index (χ4n) is 1.51. The van der Waals surface area contributed by atoms with Crippen molar-refractivity contribution >= 4 is 27.5 Å². The molecule has 1 rings (SSSR count). The van der Waals surface area contributed by atoms with Gasteiger partial charge in [-0.2, -0.15) is 0 Å². The van der Waals surface area contributed by atoms with Crippen molar-refractivity contribution in [3.8, 4) is 0 Å². The van der Waals surface area contributed by atoms with Crippen molar-refractivity contribution in [2.24, 2.45) is 5.92 Å². The molecular formula is C15H26N2O5S. The molecule has 0 saturated carbocycles. The summed E-state index contributed by atoms with van der Waals surface area (Å²) < 4.78 is 26.8. The summed E-state index contributed by atoms with van der Waals surface area (Å²) in [6.45, 7) is 3.68. The number of anilines is 1. The molecule has 0 heterocycles. The molecule has 0 bridgehead atoms. The molecule has 1 aromatic rings. The van der Waals surface area contributed by atoms with Crippen LogP contribution in [-0.2, 0) is 26.0 Å². The highest BCUT2D eigenvalue weighted by atomic mass is 32.2. The standard InChI is InChI=1S/C15H22N2O5S.2H2/c1-11(2)14(18)17-13-6-4-12(5-7-13)10-22-15(19)16-8-9-23(3,20)21;;/h4-7,11H,8-10H2,1-3H3,(H,16,19)(H,17,18);2*1H. The van der Waals surface area contributed by atoms with Crippen LogP contribution in [0.2, 0.25) is 0 Å². The van der Waals surface area contributed by atoms with E-state index in [0.29, 0.717) is 5.69 Å². The molecule has 0 unspecified atom stereocenters. The first kappa shape index (κ1) is 19.0. The molecule has 2 N–H and O–H groups in total. The smallest absolute Gasteiger partial charge is 0.407 e. The van der Waals surface area contributed by atoms with Gasteiger partial charge in [0.25, 0.3) is 0 Å². The molecule has 0 aliphatic carbocycles. The number of carbonyl (C=O) groups is 2. The molecule has 132 valence electrons. The van der Waals surface area contributed by atoms with E-state index in [2.05, 4.69) is 10.6 Å². The zero-order valence-electron chi connectivity index (χ0n) is 13.5. The molecule has 0 fully saturated rings. The predicted molar refractivity (Wildman–Crippen MR) is 92.0 cm³/mol. The first-order chi connectivity index (χ1) is 10.7. The van der Waals surface area contributed by atoms with Gasteiger partial charge in [0.15, 0.2) is 0 Å². The number of alkyl carbamates (subject to hydrolysis) is 1. The van der Waals surface area contributed by atoms with Crippen LogP contribution in [0.4, 0.5) is 10.5 Å². The van der Waals surface area contributed by atoms with Gasteiger partial charge in [-0.15, -0.1) is 0 Å². The number of hydrogen-bond donors (Lipinski definition) is 2. The van der Waals surface area contributed by atoms with Crippen LogP contribution in [0.15, 0.2) is 24.3 Å². The molecule has 2 amide bonds. The van der Waals surface area contributed by atoms with E-state index < -0.39 is 15.9 Å². The summed E-state index contributed by atoms with van der Waals surface area (Å²) in [5.74, 6) is -0.306. The van der Waals surface area contributed by atoms with Crippen LogP contribution < -0.4 is 10.6 Å². The summed E-state index contributed by atoms with van der Waals surface area (Å²) in [6, 6.07) is 6.92. The molecule has 23 heavy (non-hydrogen) atoms. The summed E-state index contributed by atoms with van der Waals surface area (Å²) >= 11 is 0. The lowest BCUT2D eigenvalue weighted by Crippen LogP contribution is -2.29. The van der Waals surface area contributed by atoms with Crippen LogP contribution in [0, 0.1) is 5.92 Å². The highest BCUT2D eigenvalue weighted by Crippen LogP contribution is 2.11. The Balaban J connectivity index is 0. The zero-order valence-corrected chi connectivity index (χ0v) is 14.3. The average molecular weight is 346 g/mol. The molecule has 8 heteroatoms. The minimum Gasteiger partial charge on any atom is -0.445 e. The Labute approximate surface area is 139 Å². The molecule has 0 aromatic heterocycles. The van der Waals surface area contributed by atoms with Crippen LogP contribution in [-0.4, -0.2) is 39.0 Å². The number of nitrogens with one attached hydrogen (secondary N) is 2. The van der Waals surface area contributed by atoms with Crippen molar-refractivity contribution in [3.63, 3.8) is 0 Å². The second-order valence-electron chi connectivity index (χ2n) is 5.47. The SMILES string of the molecule is CC(C)C(=O)Nc1ccc(COC(=O)NCCS(C)(=O)=O)cc1.[HH].[HH]. The third-order valence-corrected chi connectivity index (χ3v) is 3.80. The number of hydrogen-bond acceptors (Lipinski definition) is 5. The van der Waals surface area contributed by atoms with Gasteiger partial charge in [0.2, 0.25) is 5.91 Å². The van der Waals surface area contributed by atoms with Gasteiger partial charge < -0.3 is 15.4 Å². The molecule has 0 radical (unpaired) electrons. The lowest BCUT2D eigenvalue weighted by atomic mass is 10.2. The van der Waals surface area contributed by atoms with Crippen molar-refractivity contribution in [3.05, 3.63) is 29.8 Å². The summed E-state index contributed by atoms with van der Waals surface area (Å²) in [4.78, 5) is 23.0. The maximum absolute atomic E-state index is 11.6. The number of carbonyl (C=O) groups excluding carboxylic acids is 2. The van der Waals surface area contributed by atoms with Crippen molar-refractivity contribution in [1.29, 1.82) is 0 Å². The summed E-state index contributed by atoms with van der Waals surface area (Å²) in [6.07, 6.45) is 0.422. The van der Waals surface area contributed by atoms with Gasteiger partial charge in [0.1, 0.15) is 16.4 Å². The fourth-order valence-corrected chi connectivity index (χ4v) is 1.98. The van der Waals surface area contributed by atoms with Gasteiger partial charge in [-0.1, -0.05) is 26.0 Å². The number of sulfone groups is 1. The van der Waals surface area contributed by atoms with Crippen LogP contribution in [0.25, 0.3) is 0 Å².